The van der Waals surface area contributed by atoms with Crippen LogP contribution in [0.5, 0.6) is 0 Å². The van der Waals surface area contributed by atoms with Crippen molar-refractivity contribution in [2.24, 2.45) is 0 Å². The Morgan fingerprint density at radius 3 is 2.44 bits per heavy atom. The van der Waals surface area contributed by atoms with E-state index in [2.05, 4.69) is 17.9 Å². The Balaban J connectivity index is 1.88. The van der Waals surface area contributed by atoms with Gasteiger partial charge in [0.25, 0.3) is 0 Å². The zero-order valence-corrected chi connectivity index (χ0v) is 11.4. The summed E-state index contributed by atoms with van der Waals surface area (Å²) >= 11 is 6.29. The van der Waals surface area contributed by atoms with Gasteiger partial charge in [0.2, 0.25) is 0 Å². The second kappa shape index (κ2) is 4.67. The fourth-order valence-electron chi connectivity index (χ4n) is 3.61. The molecule has 0 spiro atoms. The van der Waals surface area contributed by atoms with Crippen molar-refractivity contribution in [3.05, 3.63) is 34.9 Å². The van der Waals surface area contributed by atoms with Crippen LogP contribution in [0.2, 0.25) is 5.02 Å². The summed E-state index contributed by atoms with van der Waals surface area (Å²) in [5, 5.41) is 0.835. The lowest BCUT2D eigenvalue weighted by molar-refractivity contribution is -0.124. The minimum Gasteiger partial charge on any atom is -0.300 e. The van der Waals surface area contributed by atoms with E-state index in [0.717, 1.165) is 30.7 Å². The van der Waals surface area contributed by atoms with E-state index in [1.807, 2.05) is 18.2 Å². The molecule has 0 amide bonds. The summed E-state index contributed by atoms with van der Waals surface area (Å²) in [5.41, 5.74) is 1.19. The largest absolute Gasteiger partial charge is 0.300 e. The molecule has 1 aromatic rings. The Hall–Kier alpha value is -0.860. The van der Waals surface area contributed by atoms with Crippen LogP contribution in [-0.2, 0) is 4.79 Å². The van der Waals surface area contributed by atoms with Crippen molar-refractivity contribution < 1.29 is 4.79 Å². The standard InChI is InChI=1S/C15H18ClNO/c1-10(14-4-2-3-5-15(14)16)17-11-6-7-12(17)9-13(18)8-11/h2-5,10-12H,6-9H2,1H3. The van der Waals surface area contributed by atoms with E-state index in [0.29, 0.717) is 23.9 Å². The normalized spacial score (nSPS) is 29.6. The minimum absolute atomic E-state index is 0.310. The Labute approximate surface area is 113 Å². The van der Waals surface area contributed by atoms with E-state index in [4.69, 9.17) is 11.6 Å². The number of hydrogen-bond acceptors (Lipinski definition) is 2. The molecule has 0 N–H and O–H groups in total. The summed E-state index contributed by atoms with van der Waals surface area (Å²) in [5.74, 6) is 0.435. The van der Waals surface area contributed by atoms with E-state index >= 15 is 0 Å². The zero-order valence-electron chi connectivity index (χ0n) is 10.6. The van der Waals surface area contributed by atoms with E-state index in [9.17, 15) is 4.79 Å². The van der Waals surface area contributed by atoms with Gasteiger partial charge in [-0.25, -0.2) is 0 Å². The molecule has 3 rings (SSSR count). The molecule has 2 aliphatic heterocycles. The van der Waals surface area contributed by atoms with Gasteiger partial charge in [-0.15, -0.1) is 0 Å². The predicted octanol–water partition coefficient (Wildman–Crippen LogP) is 3.60. The van der Waals surface area contributed by atoms with E-state index < -0.39 is 0 Å². The van der Waals surface area contributed by atoms with Crippen LogP contribution >= 0.6 is 11.6 Å². The van der Waals surface area contributed by atoms with Crippen LogP contribution in [0, 0.1) is 0 Å². The maximum Gasteiger partial charge on any atom is 0.136 e. The number of benzene rings is 1. The fraction of sp³-hybridized carbons (Fsp3) is 0.533. The van der Waals surface area contributed by atoms with Gasteiger partial charge in [-0.3, -0.25) is 9.69 Å². The number of carbonyl (C=O) groups excluding carboxylic acids is 1. The quantitative estimate of drug-likeness (QED) is 0.813. The van der Waals surface area contributed by atoms with Gasteiger partial charge < -0.3 is 0 Å². The maximum atomic E-state index is 11.6. The molecule has 0 aromatic heterocycles. The molecule has 0 radical (unpaired) electrons. The van der Waals surface area contributed by atoms with Gasteiger partial charge in [-0.1, -0.05) is 29.8 Å². The summed E-state index contributed by atoms with van der Waals surface area (Å²) < 4.78 is 0. The van der Waals surface area contributed by atoms with Crippen LogP contribution in [-0.4, -0.2) is 22.8 Å². The zero-order chi connectivity index (χ0) is 12.7. The molecule has 2 nitrogen and oxygen atoms in total. The highest BCUT2D eigenvalue weighted by Gasteiger charge is 2.42. The van der Waals surface area contributed by atoms with Crippen molar-refractivity contribution in [1.29, 1.82) is 0 Å². The summed E-state index contributed by atoms with van der Waals surface area (Å²) in [6.07, 6.45) is 3.77. The number of hydrogen-bond donors (Lipinski definition) is 0. The third kappa shape index (κ3) is 1.98. The second-order valence-electron chi connectivity index (χ2n) is 5.48. The first-order chi connectivity index (χ1) is 8.66. The summed E-state index contributed by atoms with van der Waals surface area (Å²) in [7, 11) is 0. The van der Waals surface area contributed by atoms with Crippen molar-refractivity contribution in [2.45, 2.75) is 50.7 Å². The van der Waals surface area contributed by atoms with E-state index in [1.165, 1.54) is 5.56 Å². The van der Waals surface area contributed by atoms with Gasteiger partial charge in [0.05, 0.1) is 0 Å². The highest BCUT2D eigenvalue weighted by molar-refractivity contribution is 6.31. The third-order valence-corrected chi connectivity index (χ3v) is 4.75. The number of piperidine rings is 1. The number of nitrogens with zero attached hydrogens (tertiary/aromatic N) is 1. The molecule has 2 saturated heterocycles. The number of rotatable bonds is 2. The van der Waals surface area contributed by atoms with Crippen LogP contribution < -0.4 is 0 Å². The van der Waals surface area contributed by atoms with Crippen LogP contribution in [0.1, 0.15) is 44.2 Å². The Kier molecular flexibility index (Phi) is 3.16. The van der Waals surface area contributed by atoms with Crippen molar-refractivity contribution in [1.82, 2.24) is 4.90 Å². The molecule has 2 heterocycles. The first-order valence-corrected chi connectivity index (χ1v) is 7.08. The van der Waals surface area contributed by atoms with Gasteiger partial charge in [0, 0.05) is 36.0 Å². The van der Waals surface area contributed by atoms with Crippen molar-refractivity contribution in [2.75, 3.05) is 0 Å². The lowest BCUT2D eigenvalue weighted by atomic mass is 9.96. The Morgan fingerprint density at radius 2 is 1.83 bits per heavy atom. The average Bonchev–Trinajstić information content (AvgIpc) is 2.61. The number of carbonyl (C=O) groups is 1. The maximum absolute atomic E-state index is 11.6. The summed E-state index contributed by atoms with van der Waals surface area (Å²) in [6, 6.07) is 9.23. The molecule has 0 saturated carbocycles. The SMILES string of the molecule is CC(c1ccccc1Cl)N1C2CCC1CC(=O)C2. The predicted molar refractivity (Wildman–Crippen MR) is 72.8 cm³/mol. The molecule has 18 heavy (non-hydrogen) atoms. The summed E-state index contributed by atoms with van der Waals surface area (Å²) in [6.45, 7) is 2.21. The highest BCUT2D eigenvalue weighted by Crippen LogP contribution is 2.41. The average molecular weight is 264 g/mol. The molecule has 2 aliphatic rings. The van der Waals surface area contributed by atoms with Crippen LogP contribution in [0.15, 0.2) is 24.3 Å². The topological polar surface area (TPSA) is 20.3 Å². The molecular weight excluding hydrogens is 246 g/mol. The van der Waals surface area contributed by atoms with E-state index in [1.54, 1.807) is 0 Å². The van der Waals surface area contributed by atoms with E-state index in [-0.39, 0.29) is 0 Å². The summed E-state index contributed by atoms with van der Waals surface area (Å²) in [4.78, 5) is 14.2. The molecule has 3 unspecified atom stereocenters. The van der Waals surface area contributed by atoms with Crippen LogP contribution in [0.4, 0.5) is 0 Å². The smallest absolute Gasteiger partial charge is 0.136 e. The third-order valence-electron chi connectivity index (χ3n) is 4.41. The fourth-order valence-corrected chi connectivity index (χ4v) is 3.91. The number of Topliss-reactive ketones (excluding diaryl/α,β-unsaturated/α-hetero) is 1. The second-order valence-corrected chi connectivity index (χ2v) is 5.88. The Bertz CT molecular complexity index is 457. The molecule has 96 valence electrons. The van der Waals surface area contributed by atoms with Crippen molar-refractivity contribution in [3.8, 4) is 0 Å². The number of ketones is 1. The molecule has 0 aliphatic carbocycles. The first-order valence-electron chi connectivity index (χ1n) is 6.70. The lowest BCUT2D eigenvalue weighted by Crippen LogP contribution is -2.44. The lowest BCUT2D eigenvalue weighted by Gasteiger charge is -2.39. The molecule has 2 bridgehead atoms. The minimum atomic E-state index is 0.310. The van der Waals surface area contributed by atoms with Crippen LogP contribution in [0.25, 0.3) is 0 Å². The highest BCUT2D eigenvalue weighted by atomic mass is 35.5. The first kappa shape index (κ1) is 12.2. The van der Waals surface area contributed by atoms with Gasteiger partial charge in [0.15, 0.2) is 0 Å². The molecule has 3 atom stereocenters. The molecule has 2 fully saturated rings. The monoisotopic (exact) mass is 263 g/mol. The van der Waals surface area contributed by atoms with Gasteiger partial charge in [-0.05, 0) is 31.4 Å². The number of fused-ring (bicyclic) bond motifs is 2. The van der Waals surface area contributed by atoms with Crippen LogP contribution in [0.3, 0.4) is 0 Å². The van der Waals surface area contributed by atoms with Crippen molar-refractivity contribution >= 4 is 17.4 Å². The van der Waals surface area contributed by atoms with Gasteiger partial charge in [0.1, 0.15) is 5.78 Å². The molecule has 1 aromatic carbocycles. The number of halogens is 1. The van der Waals surface area contributed by atoms with Gasteiger partial charge in [-0.2, -0.15) is 0 Å². The molecular formula is C15H18ClNO. The molecule has 3 heteroatoms. The van der Waals surface area contributed by atoms with Crippen molar-refractivity contribution in [3.63, 3.8) is 0 Å². The van der Waals surface area contributed by atoms with Gasteiger partial charge >= 0.3 is 0 Å². The Morgan fingerprint density at radius 1 is 1.22 bits per heavy atom.